The van der Waals surface area contributed by atoms with Crippen molar-refractivity contribution in [1.29, 1.82) is 0 Å². The van der Waals surface area contributed by atoms with Gasteiger partial charge in [0.15, 0.2) is 0 Å². The Bertz CT molecular complexity index is 527. The van der Waals surface area contributed by atoms with Gasteiger partial charge in [-0.1, -0.05) is 34.1 Å². The molecule has 1 fully saturated rings. The molecule has 1 saturated carbocycles. The van der Waals surface area contributed by atoms with E-state index in [4.69, 9.17) is 5.73 Å². The molecular weight excluding hydrogens is 265 g/mol. The molecule has 0 saturated heterocycles. The fraction of sp³-hybridized carbons (Fsp3) is 0.471. The van der Waals surface area contributed by atoms with Gasteiger partial charge in [0.2, 0.25) is 0 Å². The first-order chi connectivity index (χ1) is 10.2. The van der Waals surface area contributed by atoms with Crippen molar-refractivity contribution in [2.45, 2.75) is 52.9 Å². The zero-order chi connectivity index (χ0) is 15.8. The highest BCUT2D eigenvalue weighted by molar-refractivity contribution is 5.43. The molecular formula is C17H26FN3. The van der Waals surface area contributed by atoms with Crippen LogP contribution < -0.4 is 5.73 Å². The minimum absolute atomic E-state index is 0.251. The second kappa shape index (κ2) is 8.45. The third-order valence-electron chi connectivity index (χ3n) is 3.35. The average Bonchev–Trinajstić information content (AvgIpc) is 2.84. The first-order valence-electron chi connectivity index (χ1n) is 7.85. The first-order valence-corrected chi connectivity index (χ1v) is 7.85. The molecule has 0 bridgehead atoms. The minimum atomic E-state index is -0.251. The van der Waals surface area contributed by atoms with Gasteiger partial charge in [0, 0.05) is 12.0 Å². The highest BCUT2D eigenvalue weighted by Gasteiger charge is 2.23. The molecule has 21 heavy (non-hydrogen) atoms. The Morgan fingerprint density at radius 3 is 2.14 bits per heavy atom. The molecule has 1 aromatic heterocycles. The molecule has 1 aliphatic carbocycles. The van der Waals surface area contributed by atoms with E-state index < -0.39 is 0 Å². The molecule has 0 amide bonds. The lowest BCUT2D eigenvalue weighted by Crippen LogP contribution is -2.10. The topological polar surface area (TPSA) is 43.8 Å². The van der Waals surface area contributed by atoms with Crippen LogP contribution in [-0.4, -0.2) is 9.78 Å². The smallest absolute Gasteiger partial charge is 0.127 e. The van der Waals surface area contributed by atoms with Crippen molar-refractivity contribution in [3.63, 3.8) is 0 Å². The van der Waals surface area contributed by atoms with E-state index in [0.29, 0.717) is 11.7 Å². The number of hydrogen-bond donors (Lipinski definition) is 1. The third-order valence-corrected chi connectivity index (χ3v) is 3.35. The largest absolute Gasteiger partial charge is 0.384 e. The highest BCUT2D eigenvalue weighted by atomic mass is 19.1. The van der Waals surface area contributed by atoms with Gasteiger partial charge in [-0.3, -0.25) is 0 Å². The summed E-state index contributed by atoms with van der Waals surface area (Å²) in [5, 5.41) is 4.50. The number of nitrogen functional groups attached to an aromatic ring is 1. The van der Waals surface area contributed by atoms with Crippen LogP contribution >= 0.6 is 0 Å². The molecule has 4 heteroatoms. The maximum atomic E-state index is 12.8. The van der Waals surface area contributed by atoms with E-state index in [1.807, 2.05) is 33.8 Å². The second-order valence-electron chi connectivity index (χ2n) is 4.51. The van der Waals surface area contributed by atoms with Gasteiger partial charge >= 0.3 is 0 Å². The van der Waals surface area contributed by atoms with Gasteiger partial charge in [0.25, 0.3) is 0 Å². The summed E-state index contributed by atoms with van der Waals surface area (Å²) < 4.78 is 14.5. The maximum absolute atomic E-state index is 12.8. The van der Waals surface area contributed by atoms with Crippen LogP contribution in [-0.2, 0) is 0 Å². The van der Waals surface area contributed by atoms with E-state index in [2.05, 4.69) is 5.10 Å². The fourth-order valence-electron chi connectivity index (χ4n) is 2.11. The lowest BCUT2D eigenvalue weighted by Gasteiger charge is -2.22. The molecule has 2 aromatic rings. The Hall–Kier alpha value is -1.84. The van der Waals surface area contributed by atoms with Gasteiger partial charge in [-0.25, -0.2) is 9.07 Å². The number of aromatic nitrogens is 2. The number of benzene rings is 1. The van der Waals surface area contributed by atoms with Crippen LogP contribution in [0.4, 0.5) is 10.2 Å². The van der Waals surface area contributed by atoms with E-state index in [1.165, 1.54) is 31.4 Å². The number of nitrogens with zero attached hydrogens (tertiary/aromatic N) is 2. The molecule has 2 N–H and O–H groups in total. The van der Waals surface area contributed by atoms with Crippen LogP contribution in [0.5, 0.6) is 0 Å². The molecule has 0 unspecified atom stereocenters. The van der Waals surface area contributed by atoms with Crippen LogP contribution in [0.25, 0.3) is 5.69 Å². The third kappa shape index (κ3) is 4.06. The number of halogens is 1. The second-order valence-corrected chi connectivity index (χ2v) is 4.51. The number of hydrogen-bond acceptors (Lipinski definition) is 2. The molecule has 3 rings (SSSR count). The number of anilines is 1. The Morgan fingerprint density at radius 1 is 1.10 bits per heavy atom. The van der Waals surface area contributed by atoms with Gasteiger partial charge in [0.1, 0.15) is 11.6 Å². The lowest BCUT2D eigenvalue weighted by molar-refractivity contribution is 0.409. The van der Waals surface area contributed by atoms with Crippen molar-refractivity contribution >= 4 is 5.82 Å². The predicted octanol–water partition coefficient (Wildman–Crippen LogP) is 4.91. The van der Waals surface area contributed by atoms with Crippen molar-refractivity contribution in [2.24, 2.45) is 0 Å². The number of nitrogens with two attached hydrogens (primary N) is 1. The molecule has 0 aliphatic heterocycles. The average molecular weight is 291 g/mol. The van der Waals surface area contributed by atoms with Crippen LogP contribution in [0.2, 0.25) is 0 Å². The normalized spacial score (nSPS) is 13.4. The van der Waals surface area contributed by atoms with Crippen molar-refractivity contribution in [3.05, 3.63) is 41.8 Å². The first kappa shape index (κ1) is 17.2. The van der Waals surface area contributed by atoms with Gasteiger partial charge in [-0.2, -0.15) is 5.10 Å². The Balaban J connectivity index is 0.000000510. The molecule has 116 valence electrons. The van der Waals surface area contributed by atoms with Gasteiger partial charge in [0.05, 0.1) is 11.4 Å². The van der Waals surface area contributed by atoms with Crippen molar-refractivity contribution < 1.29 is 4.39 Å². The van der Waals surface area contributed by atoms with Crippen LogP contribution in [0.1, 0.15) is 58.6 Å². The van der Waals surface area contributed by atoms with Crippen LogP contribution in [0.3, 0.4) is 0 Å². The van der Waals surface area contributed by atoms with Crippen LogP contribution in [0, 0.1) is 5.82 Å². The Morgan fingerprint density at radius 2 is 1.67 bits per heavy atom. The number of rotatable bonds is 2. The monoisotopic (exact) mass is 291 g/mol. The van der Waals surface area contributed by atoms with E-state index in [0.717, 1.165) is 11.4 Å². The molecule has 1 aliphatic rings. The van der Waals surface area contributed by atoms with Crippen molar-refractivity contribution in [1.82, 2.24) is 9.78 Å². The summed E-state index contributed by atoms with van der Waals surface area (Å²) in [5.74, 6) is 0.913. The quantitative estimate of drug-likeness (QED) is 0.854. The molecule has 0 spiro atoms. The van der Waals surface area contributed by atoms with E-state index in [9.17, 15) is 4.39 Å². The lowest BCUT2D eigenvalue weighted by atomic mass is 9.83. The zero-order valence-electron chi connectivity index (χ0n) is 13.4. The standard InChI is InChI=1S/C13H14FN3.2C2H6/c14-10-4-6-11(7-5-10)17-13(15)8-12(16-17)9-2-1-3-9;2*1-2/h4-9H,1-3,15H2;2*1-2H3. The maximum Gasteiger partial charge on any atom is 0.127 e. The SMILES string of the molecule is CC.CC.Nc1cc(C2CCC2)nn1-c1ccc(F)cc1. The molecule has 1 heterocycles. The summed E-state index contributed by atoms with van der Waals surface area (Å²) in [6.45, 7) is 8.00. The summed E-state index contributed by atoms with van der Waals surface area (Å²) in [6.07, 6.45) is 3.66. The van der Waals surface area contributed by atoms with E-state index in [1.54, 1.807) is 16.8 Å². The highest BCUT2D eigenvalue weighted by Crippen LogP contribution is 2.36. The molecule has 0 atom stereocenters. The summed E-state index contributed by atoms with van der Waals surface area (Å²) in [4.78, 5) is 0. The summed E-state index contributed by atoms with van der Waals surface area (Å²) in [7, 11) is 0. The van der Waals surface area contributed by atoms with E-state index in [-0.39, 0.29) is 5.82 Å². The molecule has 3 nitrogen and oxygen atoms in total. The fourth-order valence-corrected chi connectivity index (χ4v) is 2.11. The summed E-state index contributed by atoms with van der Waals surface area (Å²) in [6, 6.07) is 8.12. The summed E-state index contributed by atoms with van der Waals surface area (Å²) >= 11 is 0. The van der Waals surface area contributed by atoms with Crippen molar-refractivity contribution in [2.75, 3.05) is 5.73 Å². The zero-order valence-corrected chi connectivity index (χ0v) is 13.4. The molecule has 0 radical (unpaired) electrons. The predicted molar refractivity (Wildman–Crippen MR) is 87.2 cm³/mol. The molecule has 1 aromatic carbocycles. The van der Waals surface area contributed by atoms with Crippen LogP contribution in [0.15, 0.2) is 30.3 Å². The van der Waals surface area contributed by atoms with Gasteiger partial charge in [-0.15, -0.1) is 0 Å². The Labute approximate surface area is 127 Å². The van der Waals surface area contributed by atoms with Gasteiger partial charge in [-0.05, 0) is 37.1 Å². The van der Waals surface area contributed by atoms with Gasteiger partial charge < -0.3 is 5.73 Å². The van der Waals surface area contributed by atoms with Crippen molar-refractivity contribution in [3.8, 4) is 5.69 Å². The Kier molecular flexibility index (Phi) is 6.92. The summed E-state index contributed by atoms with van der Waals surface area (Å²) in [5.41, 5.74) is 7.79. The minimum Gasteiger partial charge on any atom is -0.384 e. The van der Waals surface area contributed by atoms with E-state index >= 15 is 0 Å².